The monoisotopic (exact) mass is 665 g/mol. The van der Waals surface area contributed by atoms with Crippen molar-refractivity contribution in [1.29, 1.82) is 0 Å². The van der Waals surface area contributed by atoms with Gasteiger partial charge in [-0.05, 0) is 80.5 Å². The van der Waals surface area contributed by atoms with Gasteiger partial charge in [0, 0.05) is 63.6 Å². The van der Waals surface area contributed by atoms with E-state index in [0.717, 1.165) is 47.3 Å². The molecule has 1 atom stereocenters. The van der Waals surface area contributed by atoms with Crippen molar-refractivity contribution in [2.75, 3.05) is 26.3 Å². The van der Waals surface area contributed by atoms with E-state index in [1.165, 1.54) is 24.8 Å². The van der Waals surface area contributed by atoms with Crippen molar-refractivity contribution in [1.82, 2.24) is 13.0 Å². The predicted octanol–water partition coefficient (Wildman–Crippen LogP) is 8.56. The Hall–Kier alpha value is -1.97. The van der Waals surface area contributed by atoms with Gasteiger partial charge in [-0.1, -0.05) is 50.4 Å². The molecule has 1 amide bonds. The minimum absolute atomic E-state index is 0.267. The molecule has 39 heavy (non-hydrogen) atoms. The van der Waals surface area contributed by atoms with Gasteiger partial charge in [0.25, 0.3) is 0 Å². The lowest BCUT2D eigenvalue weighted by atomic mass is 9.92. The molecule has 212 valence electrons. The highest BCUT2D eigenvalue weighted by molar-refractivity contribution is 14.1. The van der Waals surface area contributed by atoms with Crippen LogP contribution >= 0.6 is 34.5 Å². The van der Waals surface area contributed by atoms with Gasteiger partial charge in [0.05, 0.1) is 13.2 Å². The standard InChI is InChI=1S/C31H41ClIN3O3/c1-21(2)20-39-31(37)35-17-15-26-27-19-24(32)11-14-28(27)34-29(26)30(35)23-9-12-25(13-10-23)38-18-8-6-5-7-16-36(33)22(3)4/h9-14,19,21-22,30,34H,5-8,15-18,20H2,1-4H3. The number of rotatable bonds is 12. The normalized spacial score (nSPS) is 15.4. The SMILES string of the molecule is CC(C)COC(=O)N1CCc2c([nH]c3ccc(Cl)cc23)C1c1ccc(OCCCCCCN(I)C(C)C)cc1. The Kier molecular flexibility index (Phi) is 10.8. The maximum Gasteiger partial charge on any atom is 0.410 e. The number of aromatic amines is 1. The topological polar surface area (TPSA) is 57.8 Å². The van der Waals surface area contributed by atoms with Gasteiger partial charge in [-0.25, -0.2) is 7.91 Å². The number of benzene rings is 2. The first kappa shape index (κ1) is 30.0. The molecule has 3 aromatic rings. The van der Waals surface area contributed by atoms with Gasteiger partial charge in [-0.3, -0.25) is 4.90 Å². The van der Waals surface area contributed by atoms with Gasteiger partial charge in [-0.2, -0.15) is 0 Å². The number of H-pyrrole nitrogens is 1. The van der Waals surface area contributed by atoms with Crippen LogP contribution in [0.4, 0.5) is 4.79 Å². The Morgan fingerprint density at radius 2 is 1.85 bits per heavy atom. The molecule has 0 spiro atoms. The summed E-state index contributed by atoms with van der Waals surface area (Å²) in [4.78, 5) is 18.6. The van der Waals surface area contributed by atoms with E-state index in [-0.39, 0.29) is 18.1 Å². The maximum absolute atomic E-state index is 13.2. The summed E-state index contributed by atoms with van der Waals surface area (Å²) in [6, 6.07) is 14.4. The van der Waals surface area contributed by atoms with Gasteiger partial charge in [0.1, 0.15) is 11.8 Å². The highest BCUT2D eigenvalue weighted by Crippen LogP contribution is 2.39. The zero-order chi connectivity index (χ0) is 27.9. The predicted molar refractivity (Wildman–Crippen MR) is 168 cm³/mol. The highest BCUT2D eigenvalue weighted by atomic mass is 127. The highest BCUT2D eigenvalue weighted by Gasteiger charge is 2.35. The number of aromatic nitrogens is 1. The van der Waals surface area contributed by atoms with Crippen molar-refractivity contribution in [3.05, 3.63) is 64.3 Å². The number of carbonyl (C=O) groups is 1. The van der Waals surface area contributed by atoms with E-state index in [1.807, 2.05) is 49.1 Å². The largest absolute Gasteiger partial charge is 0.494 e. The maximum atomic E-state index is 13.2. The lowest BCUT2D eigenvalue weighted by molar-refractivity contribution is 0.0797. The van der Waals surface area contributed by atoms with Crippen LogP contribution in [0.1, 0.15) is 76.2 Å². The molecule has 0 bridgehead atoms. The summed E-state index contributed by atoms with van der Waals surface area (Å²) in [5.74, 6) is 1.13. The summed E-state index contributed by atoms with van der Waals surface area (Å²) in [7, 11) is 0. The Labute approximate surface area is 251 Å². The third kappa shape index (κ3) is 7.82. The zero-order valence-electron chi connectivity index (χ0n) is 23.5. The second-order valence-corrected chi connectivity index (χ2v) is 12.7. The minimum Gasteiger partial charge on any atom is -0.494 e. The molecule has 6 nitrogen and oxygen atoms in total. The second-order valence-electron chi connectivity index (χ2n) is 11.1. The van der Waals surface area contributed by atoms with Crippen LogP contribution in [0.2, 0.25) is 5.02 Å². The fourth-order valence-corrected chi connectivity index (χ4v) is 5.55. The van der Waals surface area contributed by atoms with Crippen LogP contribution in [0.15, 0.2) is 42.5 Å². The number of nitrogens with zero attached hydrogens (tertiary/aromatic N) is 2. The number of carbonyl (C=O) groups excluding carboxylic acids is 1. The summed E-state index contributed by atoms with van der Waals surface area (Å²) in [5.41, 5.74) is 4.29. The van der Waals surface area contributed by atoms with Gasteiger partial charge >= 0.3 is 6.09 Å². The average molecular weight is 666 g/mol. The van der Waals surface area contributed by atoms with Crippen LogP contribution in [0, 0.1) is 5.92 Å². The smallest absolute Gasteiger partial charge is 0.410 e. The molecule has 0 radical (unpaired) electrons. The van der Waals surface area contributed by atoms with Crippen LogP contribution in [0.25, 0.3) is 10.9 Å². The fourth-order valence-electron chi connectivity index (χ4n) is 5.04. The Morgan fingerprint density at radius 1 is 1.10 bits per heavy atom. The molecule has 1 aromatic heterocycles. The summed E-state index contributed by atoms with van der Waals surface area (Å²) >= 11 is 8.74. The summed E-state index contributed by atoms with van der Waals surface area (Å²) < 4.78 is 14.1. The van der Waals surface area contributed by atoms with E-state index in [4.69, 9.17) is 21.1 Å². The number of unbranched alkanes of at least 4 members (excludes halogenated alkanes) is 3. The Balaban J connectivity index is 1.44. The summed E-state index contributed by atoms with van der Waals surface area (Å²) in [6.45, 7) is 11.4. The van der Waals surface area contributed by atoms with Gasteiger partial charge in [0.2, 0.25) is 0 Å². The molecule has 2 aromatic carbocycles. The first-order valence-electron chi connectivity index (χ1n) is 14.1. The van der Waals surface area contributed by atoms with Crippen molar-refractivity contribution in [2.24, 2.45) is 5.92 Å². The van der Waals surface area contributed by atoms with Crippen molar-refractivity contribution >= 4 is 51.5 Å². The molecule has 8 heteroatoms. The number of hydrogen-bond acceptors (Lipinski definition) is 4. The van der Waals surface area contributed by atoms with E-state index in [9.17, 15) is 4.79 Å². The lowest BCUT2D eigenvalue weighted by Crippen LogP contribution is -2.41. The fraction of sp³-hybridized carbons (Fsp3) is 0.516. The minimum atomic E-state index is -0.282. The molecule has 0 saturated heterocycles. The number of amides is 1. The molecule has 1 N–H and O–H groups in total. The van der Waals surface area contributed by atoms with Crippen molar-refractivity contribution < 1.29 is 14.3 Å². The van der Waals surface area contributed by atoms with Crippen molar-refractivity contribution in [3.63, 3.8) is 0 Å². The van der Waals surface area contributed by atoms with E-state index in [1.54, 1.807) is 0 Å². The van der Waals surface area contributed by atoms with E-state index >= 15 is 0 Å². The van der Waals surface area contributed by atoms with Crippen molar-refractivity contribution in [3.8, 4) is 5.75 Å². The molecular weight excluding hydrogens is 625 g/mol. The van der Waals surface area contributed by atoms with Crippen LogP contribution in [0.3, 0.4) is 0 Å². The number of ether oxygens (including phenoxy) is 2. The molecule has 1 unspecified atom stereocenters. The molecule has 2 heterocycles. The van der Waals surface area contributed by atoms with E-state index in [2.05, 4.69) is 56.9 Å². The molecule has 1 aliphatic heterocycles. The average Bonchev–Trinajstić information content (AvgIpc) is 3.28. The zero-order valence-corrected chi connectivity index (χ0v) is 26.4. The number of nitrogens with one attached hydrogen (secondary N) is 1. The number of hydrogen-bond donors (Lipinski definition) is 1. The first-order valence-corrected chi connectivity index (χ1v) is 15.5. The third-order valence-corrected chi connectivity index (χ3v) is 8.99. The molecule has 0 fully saturated rings. The lowest BCUT2D eigenvalue weighted by Gasteiger charge is -2.35. The quantitative estimate of drug-likeness (QED) is 0.120. The third-order valence-electron chi connectivity index (χ3n) is 7.15. The molecule has 0 aliphatic carbocycles. The Morgan fingerprint density at radius 3 is 2.56 bits per heavy atom. The Bertz CT molecular complexity index is 1230. The molecule has 4 rings (SSSR count). The van der Waals surface area contributed by atoms with E-state index in [0.29, 0.717) is 30.8 Å². The van der Waals surface area contributed by atoms with Gasteiger partial charge < -0.3 is 14.5 Å². The van der Waals surface area contributed by atoms with Crippen molar-refractivity contribution in [2.45, 2.75) is 71.9 Å². The van der Waals surface area contributed by atoms with Crippen LogP contribution in [-0.2, 0) is 11.2 Å². The van der Waals surface area contributed by atoms with E-state index < -0.39 is 0 Å². The van der Waals surface area contributed by atoms with Crippen LogP contribution < -0.4 is 4.74 Å². The summed E-state index contributed by atoms with van der Waals surface area (Å²) in [6.07, 6.45) is 5.12. The molecular formula is C31H41ClIN3O3. The number of halogens is 2. The second kappa shape index (κ2) is 14.1. The van der Waals surface area contributed by atoms with Gasteiger partial charge in [0.15, 0.2) is 0 Å². The summed E-state index contributed by atoms with van der Waals surface area (Å²) in [5, 5.41) is 1.83. The number of fused-ring (bicyclic) bond motifs is 3. The van der Waals surface area contributed by atoms with Gasteiger partial charge in [-0.15, -0.1) is 0 Å². The van der Waals surface area contributed by atoms with Crippen LogP contribution in [0.5, 0.6) is 5.75 Å². The molecule has 1 aliphatic rings. The van der Waals surface area contributed by atoms with Crippen LogP contribution in [-0.4, -0.2) is 51.4 Å². The first-order chi connectivity index (χ1) is 18.7. The molecule has 0 saturated carbocycles.